The van der Waals surface area contributed by atoms with E-state index >= 15 is 0 Å². The Labute approximate surface area is 301 Å². The van der Waals surface area contributed by atoms with Gasteiger partial charge in [-0.2, -0.15) is 0 Å². The zero-order valence-corrected chi connectivity index (χ0v) is 27.6. The van der Waals surface area contributed by atoms with E-state index in [1.54, 1.807) is 24.3 Å². The summed E-state index contributed by atoms with van der Waals surface area (Å²) in [5.41, 5.74) is 1.33. The van der Waals surface area contributed by atoms with Gasteiger partial charge in [0.25, 0.3) is 22.7 Å². The van der Waals surface area contributed by atoms with Gasteiger partial charge >= 0.3 is 0 Å². The average molecular weight is 709 g/mol. The molecule has 12 heteroatoms. The molecule has 0 saturated heterocycles. The smallest absolute Gasteiger partial charge is 0.258 e. The molecule has 256 valence electrons. The van der Waals surface area contributed by atoms with Crippen LogP contribution in [0.25, 0.3) is 97.7 Å². The highest BCUT2D eigenvalue weighted by Crippen LogP contribution is 2.58. The van der Waals surface area contributed by atoms with Crippen molar-refractivity contribution in [2.24, 2.45) is 0 Å². The molecule has 0 aliphatic heterocycles. The third-order valence-corrected chi connectivity index (χ3v) is 10.7. The van der Waals surface area contributed by atoms with Crippen LogP contribution in [-0.4, -0.2) is 19.7 Å². The van der Waals surface area contributed by atoms with E-state index in [-0.39, 0.29) is 33.5 Å². The number of fused-ring (bicyclic) bond motifs is 9. The number of rotatable bonds is 6. The minimum Gasteiger partial charge on any atom is -0.258 e. The second-order valence-corrected chi connectivity index (χ2v) is 13.2. The molecule has 0 heterocycles. The molecule has 54 heavy (non-hydrogen) atoms. The molecule has 10 aromatic carbocycles. The predicted molar refractivity (Wildman–Crippen MR) is 209 cm³/mol. The van der Waals surface area contributed by atoms with Crippen molar-refractivity contribution in [1.29, 1.82) is 0 Å². The summed E-state index contributed by atoms with van der Waals surface area (Å²) in [6.45, 7) is 0. The van der Waals surface area contributed by atoms with Crippen LogP contribution in [0.3, 0.4) is 0 Å². The van der Waals surface area contributed by atoms with Gasteiger partial charge in [-0.05, 0) is 78.5 Å². The lowest BCUT2D eigenvalue weighted by Gasteiger charge is -2.20. The van der Waals surface area contributed by atoms with Crippen LogP contribution >= 0.6 is 0 Å². The molecular formula is C42H20N4O8. The van der Waals surface area contributed by atoms with Crippen LogP contribution in [0.15, 0.2) is 121 Å². The van der Waals surface area contributed by atoms with Crippen LogP contribution in [0, 0.1) is 40.5 Å². The van der Waals surface area contributed by atoms with E-state index in [9.17, 15) is 40.5 Å². The van der Waals surface area contributed by atoms with Gasteiger partial charge < -0.3 is 0 Å². The Bertz CT molecular complexity index is 3110. The van der Waals surface area contributed by atoms with E-state index in [0.29, 0.717) is 86.9 Å². The third-order valence-electron chi connectivity index (χ3n) is 10.7. The molecule has 0 spiro atoms. The third kappa shape index (κ3) is 3.95. The fourth-order valence-electron chi connectivity index (χ4n) is 8.71. The van der Waals surface area contributed by atoms with Gasteiger partial charge in [-0.1, -0.05) is 60.7 Å². The second kappa shape index (κ2) is 10.8. The number of hydrogen-bond acceptors (Lipinski definition) is 8. The summed E-state index contributed by atoms with van der Waals surface area (Å²) in [4.78, 5) is 48.7. The minimum atomic E-state index is -0.511. The molecule has 0 amide bonds. The topological polar surface area (TPSA) is 173 Å². The quantitative estimate of drug-likeness (QED) is 0.0931. The predicted octanol–water partition coefficient (Wildman–Crippen LogP) is 11.6. The SMILES string of the molecule is O=[N+]([O-])c1ccc2c3ccc([N+](=O)[O-])c4c(-c5ccccc5)c5c(c(-c6ccccc6)c6c([N+](=O)[O-])ccc7c8ccc([N+](=O)[O-])cc8c5c67)c(c2c1)c43. The maximum Gasteiger partial charge on any atom is 0.277 e. The largest absolute Gasteiger partial charge is 0.277 e. The van der Waals surface area contributed by atoms with Crippen LogP contribution in [0.1, 0.15) is 0 Å². The molecule has 0 saturated carbocycles. The highest BCUT2D eigenvalue weighted by molar-refractivity contribution is 6.50. The lowest BCUT2D eigenvalue weighted by molar-refractivity contribution is -0.384. The fourth-order valence-corrected chi connectivity index (χ4v) is 8.71. The maximum absolute atomic E-state index is 13.1. The molecule has 0 fully saturated rings. The van der Waals surface area contributed by atoms with Crippen molar-refractivity contribution in [2.45, 2.75) is 0 Å². The Morgan fingerprint density at radius 1 is 0.315 bits per heavy atom. The number of non-ortho nitro benzene ring substituents is 4. The number of benzene rings is 8. The zero-order chi connectivity index (χ0) is 37.2. The van der Waals surface area contributed by atoms with E-state index in [2.05, 4.69) is 0 Å². The Kier molecular flexibility index (Phi) is 6.20. The van der Waals surface area contributed by atoms with E-state index in [4.69, 9.17) is 0 Å². The number of nitrogens with zero attached hydrogens (tertiary/aromatic N) is 4. The van der Waals surface area contributed by atoms with Crippen molar-refractivity contribution in [1.82, 2.24) is 0 Å². The van der Waals surface area contributed by atoms with E-state index in [1.807, 2.05) is 60.7 Å². The summed E-state index contributed by atoms with van der Waals surface area (Å²) < 4.78 is 0. The van der Waals surface area contributed by atoms with Gasteiger partial charge in [0.15, 0.2) is 0 Å². The van der Waals surface area contributed by atoms with Gasteiger partial charge in [-0.3, -0.25) is 40.5 Å². The van der Waals surface area contributed by atoms with E-state index in [1.165, 1.54) is 36.4 Å². The Hall–Kier alpha value is -7.86. The fraction of sp³-hybridized carbons (Fsp3) is 0. The highest BCUT2D eigenvalue weighted by atomic mass is 16.6. The van der Waals surface area contributed by atoms with Gasteiger partial charge in [0.1, 0.15) is 0 Å². The van der Waals surface area contributed by atoms with E-state index in [0.717, 1.165) is 0 Å². The number of nitro groups is 4. The van der Waals surface area contributed by atoms with Crippen molar-refractivity contribution >= 4 is 98.2 Å². The lowest BCUT2D eigenvalue weighted by atomic mass is 9.81. The monoisotopic (exact) mass is 708 g/mol. The average Bonchev–Trinajstić information content (AvgIpc) is 3.69. The first-order valence-electron chi connectivity index (χ1n) is 16.7. The lowest BCUT2D eigenvalue weighted by Crippen LogP contribution is -1.97. The minimum absolute atomic E-state index is 0.203. The van der Waals surface area contributed by atoms with Gasteiger partial charge in [-0.15, -0.1) is 0 Å². The standard InChI is InChI=1S/C42H20N4O8/c47-43(48)23-12-14-26-28-16-18-32(46(53)54)40-34(22-9-5-2-6-10-22)42-38-30-20-24(44(49)50)11-13-25(30)27-15-17-31(45(51)52)39(35(27)38)33(21-7-3-1-4-8-21)41(42)37(36(28)40)29(26)19-23/h1-20H. The van der Waals surface area contributed by atoms with Crippen molar-refractivity contribution in [2.75, 3.05) is 0 Å². The first-order valence-corrected chi connectivity index (χ1v) is 16.7. The van der Waals surface area contributed by atoms with Gasteiger partial charge in [0, 0.05) is 69.1 Å². The van der Waals surface area contributed by atoms with Crippen molar-refractivity contribution < 1.29 is 19.7 Å². The molecular weight excluding hydrogens is 688 g/mol. The molecule has 0 unspecified atom stereocenters. The first kappa shape index (κ1) is 30.9. The molecule has 0 bridgehead atoms. The van der Waals surface area contributed by atoms with Gasteiger partial charge in [-0.25, -0.2) is 0 Å². The van der Waals surface area contributed by atoms with Gasteiger partial charge in [0.05, 0.1) is 30.5 Å². The Morgan fingerprint density at radius 2 is 0.667 bits per heavy atom. The van der Waals surface area contributed by atoms with Crippen LogP contribution in [0.2, 0.25) is 0 Å². The Morgan fingerprint density at radius 3 is 1.02 bits per heavy atom. The molecule has 10 aromatic rings. The summed E-state index contributed by atoms with van der Waals surface area (Å²) in [5.74, 6) is 0. The summed E-state index contributed by atoms with van der Waals surface area (Å²) in [7, 11) is 0. The molecule has 12 nitrogen and oxygen atoms in total. The molecule has 0 atom stereocenters. The highest BCUT2D eigenvalue weighted by Gasteiger charge is 2.33. The second-order valence-electron chi connectivity index (χ2n) is 13.2. The number of hydrogen-bond donors (Lipinski definition) is 0. The number of nitro benzene ring substituents is 4. The van der Waals surface area contributed by atoms with Crippen LogP contribution in [0.5, 0.6) is 0 Å². The van der Waals surface area contributed by atoms with Crippen LogP contribution in [0.4, 0.5) is 22.7 Å². The molecule has 0 aliphatic carbocycles. The summed E-state index contributed by atoms with van der Waals surface area (Å²) in [5, 5.41) is 57.4. The van der Waals surface area contributed by atoms with Crippen LogP contribution < -0.4 is 0 Å². The molecule has 0 N–H and O–H groups in total. The first-order chi connectivity index (χ1) is 26.2. The zero-order valence-electron chi connectivity index (χ0n) is 27.6. The normalized spacial score (nSPS) is 11.9. The maximum atomic E-state index is 13.1. The van der Waals surface area contributed by atoms with Gasteiger partial charge in [0.2, 0.25) is 0 Å². The van der Waals surface area contributed by atoms with Crippen molar-refractivity contribution in [3.63, 3.8) is 0 Å². The van der Waals surface area contributed by atoms with Crippen molar-refractivity contribution in [3.05, 3.63) is 162 Å². The molecule has 10 rings (SSSR count). The van der Waals surface area contributed by atoms with Crippen molar-refractivity contribution in [3.8, 4) is 22.3 Å². The summed E-state index contributed by atoms with van der Waals surface area (Å²) in [6.07, 6.45) is 0. The molecule has 0 aliphatic rings. The Balaban J connectivity index is 1.70. The van der Waals surface area contributed by atoms with Crippen LogP contribution in [-0.2, 0) is 0 Å². The van der Waals surface area contributed by atoms with E-state index < -0.39 is 19.7 Å². The molecule has 0 radical (unpaired) electrons. The molecule has 0 aromatic heterocycles. The summed E-state index contributed by atoms with van der Waals surface area (Å²) >= 11 is 0. The summed E-state index contributed by atoms with van der Waals surface area (Å²) in [6, 6.07) is 33.3.